The summed E-state index contributed by atoms with van der Waals surface area (Å²) in [5, 5.41) is 0.680. The van der Waals surface area contributed by atoms with Crippen molar-refractivity contribution >= 4 is 27.5 Å². The molecule has 2 rings (SSSR count). The van der Waals surface area contributed by atoms with Crippen molar-refractivity contribution in [3.8, 4) is 22.6 Å². The van der Waals surface area contributed by atoms with Gasteiger partial charge in [0.25, 0.3) is 0 Å². The van der Waals surface area contributed by atoms with Gasteiger partial charge in [-0.2, -0.15) is 0 Å². The Labute approximate surface area is 120 Å². The minimum absolute atomic E-state index is 0.680. The van der Waals surface area contributed by atoms with Crippen LogP contribution in [0.1, 0.15) is 0 Å². The van der Waals surface area contributed by atoms with E-state index in [9.17, 15) is 0 Å². The standard InChI is InChI=1S/C14H12BrClO2/c1-17-10-6-9(7-11(8-10)18-2)14-12(15)4-3-5-13(14)16/h3-8H,1-2H3. The number of benzene rings is 2. The predicted molar refractivity (Wildman–Crippen MR) is 77.7 cm³/mol. The van der Waals surface area contributed by atoms with Gasteiger partial charge in [0.05, 0.1) is 14.2 Å². The number of hydrogen-bond acceptors (Lipinski definition) is 2. The van der Waals surface area contributed by atoms with E-state index in [1.54, 1.807) is 14.2 Å². The molecule has 0 amide bonds. The Balaban J connectivity index is 2.63. The summed E-state index contributed by atoms with van der Waals surface area (Å²) in [6.45, 7) is 0. The molecule has 0 saturated carbocycles. The normalized spacial score (nSPS) is 10.2. The Morgan fingerprint density at radius 1 is 1.00 bits per heavy atom. The van der Waals surface area contributed by atoms with Crippen LogP contribution >= 0.6 is 27.5 Å². The molecule has 0 aliphatic heterocycles. The van der Waals surface area contributed by atoms with Crippen LogP contribution in [0.4, 0.5) is 0 Å². The zero-order valence-electron chi connectivity index (χ0n) is 10.0. The molecule has 0 aliphatic rings. The highest BCUT2D eigenvalue weighted by Gasteiger charge is 2.10. The summed E-state index contributed by atoms with van der Waals surface area (Å²) in [4.78, 5) is 0. The third kappa shape index (κ3) is 2.62. The Morgan fingerprint density at radius 3 is 2.11 bits per heavy atom. The van der Waals surface area contributed by atoms with E-state index < -0.39 is 0 Å². The third-order valence-electron chi connectivity index (χ3n) is 2.60. The van der Waals surface area contributed by atoms with Gasteiger partial charge in [0.2, 0.25) is 0 Å². The van der Waals surface area contributed by atoms with E-state index in [-0.39, 0.29) is 0 Å². The van der Waals surface area contributed by atoms with Crippen molar-refractivity contribution in [2.75, 3.05) is 14.2 Å². The number of rotatable bonds is 3. The minimum atomic E-state index is 0.680. The summed E-state index contributed by atoms with van der Waals surface area (Å²) < 4.78 is 11.5. The lowest BCUT2D eigenvalue weighted by atomic mass is 10.0. The van der Waals surface area contributed by atoms with Crippen molar-refractivity contribution in [1.29, 1.82) is 0 Å². The maximum Gasteiger partial charge on any atom is 0.123 e. The van der Waals surface area contributed by atoms with Crippen molar-refractivity contribution in [2.24, 2.45) is 0 Å². The second-order valence-electron chi connectivity index (χ2n) is 3.70. The molecule has 0 saturated heterocycles. The smallest absolute Gasteiger partial charge is 0.123 e. The molecular weight excluding hydrogens is 316 g/mol. The molecule has 0 spiro atoms. The monoisotopic (exact) mass is 326 g/mol. The fraction of sp³-hybridized carbons (Fsp3) is 0.143. The van der Waals surface area contributed by atoms with Crippen molar-refractivity contribution in [2.45, 2.75) is 0 Å². The molecule has 2 aromatic rings. The number of methoxy groups -OCH3 is 2. The lowest BCUT2D eigenvalue weighted by Crippen LogP contribution is -1.90. The molecule has 0 unspecified atom stereocenters. The molecule has 0 N–H and O–H groups in total. The molecule has 0 fully saturated rings. The number of hydrogen-bond donors (Lipinski definition) is 0. The SMILES string of the molecule is COc1cc(OC)cc(-c2c(Cl)cccc2Br)c1. The van der Waals surface area contributed by atoms with Crippen LogP contribution in [0.5, 0.6) is 11.5 Å². The summed E-state index contributed by atoms with van der Waals surface area (Å²) >= 11 is 9.75. The summed E-state index contributed by atoms with van der Waals surface area (Å²) in [6.07, 6.45) is 0. The van der Waals surface area contributed by atoms with Gasteiger partial charge >= 0.3 is 0 Å². The highest BCUT2D eigenvalue weighted by atomic mass is 79.9. The molecular formula is C14H12BrClO2. The van der Waals surface area contributed by atoms with Crippen LogP contribution in [-0.2, 0) is 0 Å². The van der Waals surface area contributed by atoms with E-state index in [0.29, 0.717) is 5.02 Å². The Hall–Kier alpha value is -1.19. The van der Waals surface area contributed by atoms with E-state index in [2.05, 4.69) is 15.9 Å². The zero-order chi connectivity index (χ0) is 13.1. The first kappa shape index (κ1) is 13.2. The van der Waals surface area contributed by atoms with E-state index >= 15 is 0 Å². The van der Waals surface area contributed by atoms with Gasteiger partial charge in [0.15, 0.2) is 0 Å². The fourth-order valence-corrected chi connectivity index (χ4v) is 2.72. The lowest BCUT2D eigenvalue weighted by Gasteiger charge is -2.11. The molecule has 4 heteroatoms. The second-order valence-corrected chi connectivity index (χ2v) is 4.96. The van der Waals surface area contributed by atoms with Crippen LogP contribution in [0.2, 0.25) is 5.02 Å². The summed E-state index contributed by atoms with van der Waals surface area (Å²) in [6, 6.07) is 11.4. The van der Waals surface area contributed by atoms with Crippen LogP contribution in [0.15, 0.2) is 40.9 Å². The van der Waals surface area contributed by atoms with Crippen molar-refractivity contribution < 1.29 is 9.47 Å². The third-order valence-corrected chi connectivity index (χ3v) is 3.58. The summed E-state index contributed by atoms with van der Waals surface area (Å²) in [5.74, 6) is 1.47. The molecule has 0 atom stereocenters. The van der Waals surface area contributed by atoms with Gasteiger partial charge < -0.3 is 9.47 Å². The van der Waals surface area contributed by atoms with E-state index in [4.69, 9.17) is 21.1 Å². The molecule has 0 bridgehead atoms. The molecule has 2 aromatic carbocycles. The molecule has 0 radical (unpaired) electrons. The Bertz CT molecular complexity index is 527. The van der Waals surface area contributed by atoms with Crippen molar-refractivity contribution in [3.05, 3.63) is 45.9 Å². The van der Waals surface area contributed by atoms with Crippen LogP contribution in [0.25, 0.3) is 11.1 Å². The maximum atomic E-state index is 6.24. The van der Waals surface area contributed by atoms with Gasteiger partial charge in [-0.05, 0) is 29.8 Å². The van der Waals surface area contributed by atoms with Crippen LogP contribution in [0.3, 0.4) is 0 Å². The molecule has 0 heterocycles. The Morgan fingerprint density at radius 2 is 1.61 bits per heavy atom. The molecule has 0 aromatic heterocycles. The van der Waals surface area contributed by atoms with Gasteiger partial charge in [-0.25, -0.2) is 0 Å². The van der Waals surface area contributed by atoms with Gasteiger partial charge in [-0.3, -0.25) is 0 Å². The quantitative estimate of drug-likeness (QED) is 0.807. The predicted octanol–water partition coefficient (Wildman–Crippen LogP) is 4.79. The average Bonchev–Trinajstić information content (AvgIpc) is 2.38. The highest BCUT2D eigenvalue weighted by molar-refractivity contribution is 9.10. The summed E-state index contributed by atoms with van der Waals surface area (Å²) in [5.41, 5.74) is 1.88. The minimum Gasteiger partial charge on any atom is -0.497 e. The van der Waals surface area contributed by atoms with Crippen molar-refractivity contribution in [3.63, 3.8) is 0 Å². The molecule has 0 aliphatic carbocycles. The van der Waals surface area contributed by atoms with Crippen LogP contribution < -0.4 is 9.47 Å². The van der Waals surface area contributed by atoms with Crippen molar-refractivity contribution in [1.82, 2.24) is 0 Å². The van der Waals surface area contributed by atoms with Crippen LogP contribution in [-0.4, -0.2) is 14.2 Å². The van der Waals surface area contributed by atoms with Gasteiger partial charge in [-0.15, -0.1) is 0 Å². The number of halogens is 2. The average molecular weight is 328 g/mol. The van der Waals surface area contributed by atoms with Crippen LogP contribution in [0, 0.1) is 0 Å². The lowest BCUT2D eigenvalue weighted by molar-refractivity contribution is 0.394. The van der Waals surface area contributed by atoms with Gasteiger partial charge in [-0.1, -0.05) is 33.6 Å². The summed E-state index contributed by atoms with van der Waals surface area (Å²) in [7, 11) is 3.25. The van der Waals surface area contributed by atoms with Gasteiger partial charge in [0.1, 0.15) is 11.5 Å². The zero-order valence-corrected chi connectivity index (χ0v) is 12.4. The maximum absolute atomic E-state index is 6.24. The number of ether oxygens (including phenoxy) is 2. The first-order valence-corrected chi connectivity index (χ1v) is 6.50. The van der Waals surface area contributed by atoms with E-state index in [0.717, 1.165) is 27.1 Å². The molecule has 2 nitrogen and oxygen atoms in total. The largest absolute Gasteiger partial charge is 0.497 e. The van der Waals surface area contributed by atoms with E-state index in [1.807, 2.05) is 36.4 Å². The fourth-order valence-electron chi connectivity index (χ4n) is 1.73. The molecule has 18 heavy (non-hydrogen) atoms. The highest BCUT2D eigenvalue weighted by Crippen LogP contribution is 2.38. The Kier molecular flexibility index (Phi) is 4.15. The first-order chi connectivity index (χ1) is 8.65. The van der Waals surface area contributed by atoms with E-state index in [1.165, 1.54) is 0 Å². The first-order valence-electron chi connectivity index (χ1n) is 5.33. The molecule has 94 valence electrons. The second kappa shape index (κ2) is 5.63. The topological polar surface area (TPSA) is 18.5 Å². The van der Waals surface area contributed by atoms with Gasteiger partial charge in [0, 0.05) is 21.1 Å².